The Hall–Kier alpha value is -0.810. The van der Waals surface area contributed by atoms with Gasteiger partial charge in [-0.1, -0.05) is 0 Å². The van der Waals surface area contributed by atoms with E-state index in [0.29, 0.717) is 0 Å². The number of rotatable bonds is 3. The lowest BCUT2D eigenvalue weighted by molar-refractivity contribution is 0.329. The summed E-state index contributed by atoms with van der Waals surface area (Å²) in [6.07, 6.45) is 0. The molecule has 0 spiro atoms. The molecule has 0 aliphatic heterocycles. The van der Waals surface area contributed by atoms with Crippen LogP contribution in [0, 0.1) is 5.82 Å². The first-order chi connectivity index (χ1) is 6.45. The van der Waals surface area contributed by atoms with E-state index in [1.54, 1.807) is 6.92 Å². The quantitative estimate of drug-likeness (QED) is 0.758. The Bertz CT molecular complexity index is 430. The zero-order chi connectivity index (χ0) is 10.8. The fourth-order valence-electron chi connectivity index (χ4n) is 0.952. The monoisotopic (exact) mass is 238 g/mol. The molecule has 6 heteroatoms. The van der Waals surface area contributed by atoms with E-state index in [1.165, 1.54) is 0 Å². The predicted molar refractivity (Wildman–Crippen MR) is 50.6 cm³/mol. The molecule has 78 valence electrons. The van der Waals surface area contributed by atoms with E-state index in [1.807, 2.05) is 0 Å². The van der Waals surface area contributed by atoms with Crippen LogP contribution in [0.5, 0.6) is 5.75 Å². The van der Waals surface area contributed by atoms with Crippen LogP contribution < -0.4 is 4.74 Å². The molecule has 14 heavy (non-hydrogen) atoms. The second-order valence-electron chi connectivity index (χ2n) is 2.46. The summed E-state index contributed by atoms with van der Waals surface area (Å²) in [4.78, 5) is -0.220. The van der Waals surface area contributed by atoms with Crippen LogP contribution in [-0.2, 0) is 9.05 Å². The Kier molecular flexibility index (Phi) is 3.34. The normalized spacial score (nSPS) is 11.4. The van der Waals surface area contributed by atoms with Gasteiger partial charge in [0.1, 0.15) is 16.5 Å². The van der Waals surface area contributed by atoms with Gasteiger partial charge in [0.05, 0.1) is 6.61 Å². The van der Waals surface area contributed by atoms with E-state index >= 15 is 0 Å². The third-order valence-corrected chi connectivity index (χ3v) is 2.83. The molecule has 0 saturated heterocycles. The minimum Gasteiger partial charge on any atom is -0.492 e. The molecule has 0 aromatic heterocycles. The highest BCUT2D eigenvalue weighted by molar-refractivity contribution is 8.13. The van der Waals surface area contributed by atoms with E-state index < -0.39 is 14.9 Å². The Morgan fingerprint density at radius 3 is 2.64 bits per heavy atom. The molecule has 1 aromatic rings. The van der Waals surface area contributed by atoms with Crippen molar-refractivity contribution in [2.24, 2.45) is 0 Å². The summed E-state index contributed by atoms with van der Waals surface area (Å²) in [5.41, 5.74) is 0. The average molecular weight is 239 g/mol. The van der Waals surface area contributed by atoms with Crippen molar-refractivity contribution in [2.45, 2.75) is 11.8 Å². The van der Waals surface area contributed by atoms with E-state index in [-0.39, 0.29) is 17.3 Å². The molecule has 0 heterocycles. The van der Waals surface area contributed by atoms with Crippen molar-refractivity contribution in [3.63, 3.8) is 0 Å². The maximum absolute atomic E-state index is 12.7. The first kappa shape index (κ1) is 11.3. The summed E-state index contributed by atoms with van der Waals surface area (Å²) in [6, 6.07) is 3.07. The van der Waals surface area contributed by atoms with E-state index in [2.05, 4.69) is 0 Å². The molecule has 0 radical (unpaired) electrons. The zero-order valence-electron chi connectivity index (χ0n) is 7.33. The van der Waals surface area contributed by atoms with Gasteiger partial charge >= 0.3 is 0 Å². The number of ether oxygens (including phenoxy) is 1. The highest BCUT2D eigenvalue weighted by Gasteiger charge is 2.17. The SMILES string of the molecule is CCOc1cc(F)ccc1S(=O)(=O)Cl. The summed E-state index contributed by atoms with van der Waals surface area (Å²) in [5.74, 6) is -0.639. The van der Waals surface area contributed by atoms with Crippen LogP contribution in [0.1, 0.15) is 6.92 Å². The fraction of sp³-hybridized carbons (Fsp3) is 0.250. The van der Waals surface area contributed by atoms with E-state index in [4.69, 9.17) is 15.4 Å². The first-order valence-corrected chi connectivity index (χ1v) is 6.13. The molecule has 3 nitrogen and oxygen atoms in total. The fourth-order valence-corrected chi connectivity index (χ4v) is 1.92. The van der Waals surface area contributed by atoms with Gasteiger partial charge in [0, 0.05) is 16.7 Å². The Morgan fingerprint density at radius 1 is 1.50 bits per heavy atom. The van der Waals surface area contributed by atoms with Gasteiger partial charge in [-0.05, 0) is 19.1 Å². The van der Waals surface area contributed by atoms with Gasteiger partial charge in [0.2, 0.25) is 0 Å². The molecule has 0 unspecified atom stereocenters. The van der Waals surface area contributed by atoms with Crippen LogP contribution in [0.4, 0.5) is 4.39 Å². The number of hydrogen-bond acceptors (Lipinski definition) is 3. The predicted octanol–water partition coefficient (Wildman–Crippen LogP) is 2.15. The van der Waals surface area contributed by atoms with Crippen LogP contribution >= 0.6 is 10.7 Å². The number of halogens is 2. The molecule has 0 amide bonds. The molecule has 1 aromatic carbocycles. The van der Waals surface area contributed by atoms with E-state index in [9.17, 15) is 12.8 Å². The lowest BCUT2D eigenvalue weighted by atomic mass is 10.3. The number of benzene rings is 1. The highest BCUT2D eigenvalue weighted by Crippen LogP contribution is 2.27. The summed E-state index contributed by atoms with van der Waals surface area (Å²) in [6.45, 7) is 1.90. The van der Waals surface area contributed by atoms with E-state index in [0.717, 1.165) is 18.2 Å². The molecule has 0 saturated carbocycles. The van der Waals surface area contributed by atoms with Crippen molar-refractivity contribution in [2.75, 3.05) is 6.61 Å². The Labute approximate surface area is 85.9 Å². The molecular weight excluding hydrogens is 231 g/mol. The molecular formula is C8H8ClFO3S. The molecule has 0 fully saturated rings. The highest BCUT2D eigenvalue weighted by atomic mass is 35.7. The maximum Gasteiger partial charge on any atom is 0.264 e. The van der Waals surface area contributed by atoms with Crippen LogP contribution in [0.3, 0.4) is 0 Å². The molecule has 0 atom stereocenters. The van der Waals surface area contributed by atoms with Gasteiger partial charge in [-0.2, -0.15) is 0 Å². The number of hydrogen-bond donors (Lipinski definition) is 0. The summed E-state index contributed by atoms with van der Waals surface area (Å²) < 4.78 is 39.7. The van der Waals surface area contributed by atoms with Crippen molar-refractivity contribution in [1.29, 1.82) is 0 Å². The van der Waals surface area contributed by atoms with Crippen molar-refractivity contribution >= 4 is 19.7 Å². The van der Waals surface area contributed by atoms with Crippen molar-refractivity contribution in [3.05, 3.63) is 24.0 Å². The van der Waals surface area contributed by atoms with Crippen LogP contribution in [0.15, 0.2) is 23.1 Å². The average Bonchev–Trinajstić information content (AvgIpc) is 2.02. The molecule has 0 N–H and O–H groups in total. The van der Waals surface area contributed by atoms with Gasteiger partial charge in [-0.15, -0.1) is 0 Å². The summed E-state index contributed by atoms with van der Waals surface area (Å²) in [5, 5.41) is 0. The molecule has 1 rings (SSSR count). The Balaban J connectivity index is 3.29. The lowest BCUT2D eigenvalue weighted by Gasteiger charge is -2.06. The molecule has 0 bridgehead atoms. The first-order valence-electron chi connectivity index (χ1n) is 3.82. The standard InChI is InChI=1S/C8H8ClFO3S/c1-2-13-7-5-6(10)3-4-8(7)14(9,11)12/h3-5H,2H2,1H3. The molecule has 0 aliphatic carbocycles. The van der Waals surface area contributed by atoms with Gasteiger partial charge in [0.15, 0.2) is 0 Å². The smallest absolute Gasteiger partial charge is 0.264 e. The third kappa shape index (κ3) is 2.59. The van der Waals surface area contributed by atoms with Crippen LogP contribution in [-0.4, -0.2) is 15.0 Å². The maximum atomic E-state index is 12.7. The second kappa shape index (κ2) is 4.14. The Morgan fingerprint density at radius 2 is 2.14 bits per heavy atom. The zero-order valence-corrected chi connectivity index (χ0v) is 8.90. The third-order valence-electron chi connectivity index (χ3n) is 1.47. The largest absolute Gasteiger partial charge is 0.492 e. The van der Waals surface area contributed by atoms with Crippen LogP contribution in [0.2, 0.25) is 0 Å². The molecule has 0 aliphatic rings. The topological polar surface area (TPSA) is 43.4 Å². The van der Waals surface area contributed by atoms with Crippen molar-refractivity contribution in [1.82, 2.24) is 0 Å². The lowest BCUT2D eigenvalue weighted by Crippen LogP contribution is -1.99. The van der Waals surface area contributed by atoms with Crippen molar-refractivity contribution < 1.29 is 17.5 Å². The van der Waals surface area contributed by atoms with Gasteiger partial charge < -0.3 is 4.74 Å². The second-order valence-corrected chi connectivity index (χ2v) is 5.00. The summed E-state index contributed by atoms with van der Waals surface area (Å²) >= 11 is 0. The van der Waals surface area contributed by atoms with Gasteiger partial charge in [-0.25, -0.2) is 12.8 Å². The summed E-state index contributed by atoms with van der Waals surface area (Å²) in [7, 11) is 1.23. The van der Waals surface area contributed by atoms with Crippen LogP contribution in [0.25, 0.3) is 0 Å². The minimum atomic E-state index is -3.89. The van der Waals surface area contributed by atoms with Gasteiger partial charge in [-0.3, -0.25) is 0 Å². The van der Waals surface area contributed by atoms with Gasteiger partial charge in [0.25, 0.3) is 9.05 Å². The van der Waals surface area contributed by atoms with Crippen molar-refractivity contribution in [3.8, 4) is 5.75 Å². The minimum absolute atomic E-state index is 0.0671.